The van der Waals surface area contributed by atoms with Crippen molar-refractivity contribution in [2.45, 2.75) is 39.8 Å². The van der Waals surface area contributed by atoms with Gasteiger partial charge in [0, 0.05) is 25.7 Å². The maximum absolute atomic E-state index is 5.63. The summed E-state index contributed by atoms with van der Waals surface area (Å²) in [6, 6.07) is 7.27. The zero-order valence-corrected chi connectivity index (χ0v) is 13.3. The lowest BCUT2D eigenvalue weighted by Gasteiger charge is -2.34. The summed E-state index contributed by atoms with van der Waals surface area (Å²) in [5.41, 5.74) is 4.10. The van der Waals surface area contributed by atoms with Gasteiger partial charge in [-0.1, -0.05) is 36.2 Å². The third-order valence-electron chi connectivity index (χ3n) is 3.86. The Balaban J connectivity index is 2.09. The fraction of sp³-hybridized carbons (Fsp3) is 0.647. The van der Waals surface area contributed by atoms with Crippen molar-refractivity contribution in [3.8, 4) is 0 Å². The van der Waals surface area contributed by atoms with Crippen molar-refractivity contribution < 1.29 is 4.74 Å². The van der Waals surface area contributed by atoms with Crippen molar-refractivity contribution in [1.29, 1.82) is 0 Å². The van der Waals surface area contributed by atoms with Crippen molar-refractivity contribution in [3.63, 3.8) is 0 Å². The molecule has 1 aromatic carbocycles. The number of rotatable bonds is 5. The van der Waals surface area contributed by atoms with E-state index in [9.17, 15) is 0 Å². The van der Waals surface area contributed by atoms with E-state index in [0.29, 0.717) is 12.1 Å². The summed E-state index contributed by atoms with van der Waals surface area (Å²) >= 11 is 0. The van der Waals surface area contributed by atoms with Crippen molar-refractivity contribution in [2.75, 3.05) is 32.8 Å². The van der Waals surface area contributed by atoms with Crippen molar-refractivity contribution in [1.82, 2.24) is 10.2 Å². The van der Waals surface area contributed by atoms with Crippen LogP contribution in [0.2, 0.25) is 0 Å². The molecule has 1 heterocycles. The second kappa shape index (κ2) is 7.21. The van der Waals surface area contributed by atoms with E-state index in [-0.39, 0.29) is 0 Å². The first-order chi connectivity index (χ1) is 9.58. The fourth-order valence-corrected chi connectivity index (χ4v) is 3.06. The monoisotopic (exact) mass is 276 g/mol. The first-order valence-electron chi connectivity index (χ1n) is 7.74. The molecule has 2 unspecified atom stereocenters. The van der Waals surface area contributed by atoms with Crippen molar-refractivity contribution in [2.24, 2.45) is 0 Å². The minimum absolute atomic E-state index is 0.352. The summed E-state index contributed by atoms with van der Waals surface area (Å²) in [6.07, 6.45) is 0.352. The summed E-state index contributed by atoms with van der Waals surface area (Å²) in [7, 11) is 0. The van der Waals surface area contributed by atoms with E-state index in [1.54, 1.807) is 0 Å². The lowest BCUT2D eigenvalue weighted by atomic mass is 10.0. The number of hydrogen-bond donors (Lipinski definition) is 1. The summed E-state index contributed by atoms with van der Waals surface area (Å²) < 4.78 is 5.63. The van der Waals surface area contributed by atoms with Crippen LogP contribution in [-0.2, 0) is 4.74 Å². The molecule has 112 valence electrons. The lowest BCUT2D eigenvalue weighted by molar-refractivity contribution is -0.0210. The first kappa shape index (κ1) is 15.5. The van der Waals surface area contributed by atoms with Crippen LogP contribution in [0.3, 0.4) is 0 Å². The van der Waals surface area contributed by atoms with E-state index in [2.05, 4.69) is 56.1 Å². The number of aryl methyl sites for hydroxylation is 2. The van der Waals surface area contributed by atoms with Crippen LogP contribution in [0.4, 0.5) is 0 Å². The van der Waals surface area contributed by atoms with Gasteiger partial charge in [0.15, 0.2) is 0 Å². The molecule has 0 aliphatic carbocycles. The van der Waals surface area contributed by atoms with Gasteiger partial charge in [0.1, 0.15) is 0 Å². The first-order valence-corrected chi connectivity index (χ1v) is 7.74. The Morgan fingerprint density at radius 1 is 1.30 bits per heavy atom. The molecule has 0 bridgehead atoms. The summed E-state index contributed by atoms with van der Waals surface area (Å²) in [5.74, 6) is 0. The highest BCUT2D eigenvalue weighted by molar-refractivity contribution is 5.31. The van der Waals surface area contributed by atoms with E-state index in [1.165, 1.54) is 16.7 Å². The smallest absolute Gasteiger partial charge is 0.0674 e. The van der Waals surface area contributed by atoms with Gasteiger partial charge in [-0.15, -0.1) is 0 Å². The van der Waals surface area contributed by atoms with Crippen LogP contribution in [0.25, 0.3) is 0 Å². The Hall–Kier alpha value is -0.900. The van der Waals surface area contributed by atoms with Crippen LogP contribution < -0.4 is 5.32 Å². The normalized spacial score (nSPS) is 21.9. The molecule has 1 aliphatic heterocycles. The third-order valence-corrected chi connectivity index (χ3v) is 3.86. The Bertz CT molecular complexity index is 413. The molecule has 1 saturated heterocycles. The van der Waals surface area contributed by atoms with Gasteiger partial charge < -0.3 is 10.1 Å². The molecule has 0 aromatic heterocycles. The number of nitrogens with zero attached hydrogens (tertiary/aromatic N) is 1. The largest absolute Gasteiger partial charge is 0.376 e. The molecule has 0 saturated carbocycles. The number of nitrogens with one attached hydrogen (secondary N) is 1. The van der Waals surface area contributed by atoms with Crippen LogP contribution in [-0.4, -0.2) is 43.8 Å². The SMILES string of the molecule is CCNC(CN1CCOC(C)C1)c1cc(C)cc(C)c1. The summed E-state index contributed by atoms with van der Waals surface area (Å²) in [5, 5.41) is 3.63. The van der Waals surface area contributed by atoms with Crippen molar-refractivity contribution >= 4 is 0 Å². The van der Waals surface area contributed by atoms with Crippen LogP contribution in [0.1, 0.15) is 36.6 Å². The third kappa shape index (κ3) is 4.30. The van der Waals surface area contributed by atoms with Gasteiger partial charge >= 0.3 is 0 Å². The highest BCUT2D eigenvalue weighted by Crippen LogP contribution is 2.19. The molecule has 2 rings (SSSR count). The van der Waals surface area contributed by atoms with Gasteiger partial charge in [0.25, 0.3) is 0 Å². The molecule has 20 heavy (non-hydrogen) atoms. The second-order valence-electron chi connectivity index (χ2n) is 5.97. The van der Waals surface area contributed by atoms with Gasteiger partial charge in [-0.2, -0.15) is 0 Å². The van der Waals surface area contributed by atoms with Gasteiger partial charge in [-0.05, 0) is 32.9 Å². The molecule has 0 radical (unpaired) electrons. The number of hydrogen-bond acceptors (Lipinski definition) is 3. The van der Waals surface area contributed by atoms with Gasteiger partial charge in [0.2, 0.25) is 0 Å². The van der Waals surface area contributed by atoms with E-state index >= 15 is 0 Å². The molecule has 0 spiro atoms. The van der Waals surface area contributed by atoms with E-state index in [4.69, 9.17) is 4.74 Å². The maximum atomic E-state index is 5.63. The molecule has 1 N–H and O–H groups in total. The Kier molecular flexibility index (Phi) is 5.58. The molecule has 0 amide bonds. The quantitative estimate of drug-likeness (QED) is 0.895. The molecule has 1 aromatic rings. The van der Waals surface area contributed by atoms with E-state index in [1.807, 2.05) is 0 Å². The predicted molar refractivity (Wildman–Crippen MR) is 84.2 cm³/mol. The lowest BCUT2D eigenvalue weighted by Crippen LogP contribution is -2.45. The molecule has 1 fully saturated rings. The fourth-order valence-electron chi connectivity index (χ4n) is 3.06. The van der Waals surface area contributed by atoms with Crippen LogP contribution in [0, 0.1) is 13.8 Å². The second-order valence-corrected chi connectivity index (χ2v) is 5.97. The average molecular weight is 276 g/mol. The zero-order valence-electron chi connectivity index (χ0n) is 13.3. The van der Waals surface area contributed by atoms with Crippen molar-refractivity contribution in [3.05, 3.63) is 34.9 Å². The molecule has 3 heteroatoms. The Morgan fingerprint density at radius 3 is 2.60 bits per heavy atom. The number of benzene rings is 1. The van der Waals surface area contributed by atoms with Crippen LogP contribution in [0.5, 0.6) is 0 Å². The zero-order chi connectivity index (χ0) is 14.5. The Morgan fingerprint density at radius 2 is 2.00 bits per heavy atom. The van der Waals surface area contributed by atoms with Gasteiger partial charge in [0.05, 0.1) is 12.7 Å². The summed E-state index contributed by atoms with van der Waals surface area (Å²) in [6.45, 7) is 13.7. The Labute approximate surface area is 123 Å². The summed E-state index contributed by atoms with van der Waals surface area (Å²) in [4.78, 5) is 2.51. The van der Waals surface area contributed by atoms with Gasteiger partial charge in [-0.3, -0.25) is 4.90 Å². The molecule has 3 nitrogen and oxygen atoms in total. The highest BCUT2D eigenvalue weighted by Gasteiger charge is 2.21. The molecule has 2 atom stereocenters. The minimum Gasteiger partial charge on any atom is -0.376 e. The topological polar surface area (TPSA) is 24.5 Å². The van der Waals surface area contributed by atoms with E-state index < -0.39 is 0 Å². The number of likely N-dealkylation sites (N-methyl/N-ethyl adjacent to an activating group) is 1. The standard InChI is InChI=1S/C17H28N2O/c1-5-18-17(12-19-6-7-20-15(4)11-19)16-9-13(2)8-14(3)10-16/h8-10,15,17-18H,5-7,11-12H2,1-4H3. The van der Waals surface area contributed by atoms with Gasteiger partial charge in [-0.25, -0.2) is 0 Å². The molecule has 1 aliphatic rings. The molecular weight excluding hydrogens is 248 g/mol. The maximum Gasteiger partial charge on any atom is 0.0674 e. The number of morpholine rings is 1. The minimum atomic E-state index is 0.352. The predicted octanol–water partition coefficient (Wildman–Crippen LogP) is 2.67. The molecular formula is C17H28N2O. The highest BCUT2D eigenvalue weighted by atomic mass is 16.5. The average Bonchev–Trinajstić information content (AvgIpc) is 2.37. The van der Waals surface area contributed by atoms with Crippen LogP contribution in [0.15, 0.2) is 18.2 Å². The number of ether oxygens (including phenoxy) is 1. The van der Waals surface area contributed by atoms with Crippen LogP contribution >= 0.6 is 0 Å². The van der Waals surface area contributed by atoms with E-state index in [0.717, 1.165) is 32.8 Å².